The van der Waals surface area contributed by atoms with Crippen LogP contribution in [0.25, 0.3) is 0 Å². The summed E-state index contributed by atoms with van der Waals surface area (Å²) in [7, 11) is 3.33. The number of hydrogen-bond acceptors (Lipinski definition) is 5. The average Bonchev–Trinajstić information content (AvgIpc) is 3.35. The van der Waals surface area contributed by atoms with Crippen molar-refractivity contribution in [1.82, 2.24) is 0 Å². The van der Waals surface area contributed by atoms with E-state index in [1.54, 1.807) is 20.3 Å². The standard InChI is InChI=1S/C28H29NO6/c1-17-15-23(29-27(30)28(31)32)21-8-6-9-22(21)26(17)35-20-13-14-25(34-3)19(16-20)12-11-18-7-4-5-10-24(18)33-2/h4-5,7,10,13-16H,6,8-9,11-12H2,1-3H3,(H,29,30)(H,31,32). The summed E-state index contributed by atoms with van der Waals surface area (Å²) in [6, 6.07) is 15.5. The van der Waals surface area contributed by atoms with Crippen molar-refractivity contribution in [2.45, 2.75) is 39.0 Å². The molecule has 0 heterocycles. The Hall–Kier alpha value is -4.00. The molecule has 0 saturated heterocycles. The van der Waals surface area contributed by atoms with E-state index in [4.69, 9.17) is 19.3 Å². The SMILES string of the molecule is COc1ccccc1CCc1cc(Oc2c(C)cc(NC(=O)C(=O)O)c3c2CCC3)ccc1OC. The first kappa shape index (κ1) is 24.1. The van der Waals surface area contributed by atoms with E-state index in [0.29, 0.717) is 11.4 Å². The first-order valence-corrected chi connectivity index (χ1v) is 11.6. The maximum Gasteiger partial charge on any atom is 0.394 e. The molecule has 182 valence electrons. The Morgan fingerprint density at radius 3 is 2.34 bits per heavy atom. The Bertz CT molecular complexity index is 1270. The molecule has 0 saturated carbocycles. The van der Waals surface area contributed by atoms with E-state index in [1.165, 1.54) is 0 Å². The van der Waals surface area contributed by atoms with Crippen LogP contribution in [0.4, 0.5) is 5.69 Å². The summed E-state index contributed by atoms with van der Waals surface area (Å²) < 4.78 is 17.5. The van der Waals surface area contributed by atoms with Crippen molar-refractivity contribution >= 4 is 17.6 Å². The number of hydrogen-bond donors (Lipinski definition) is 2. The van der Waals surface area contributed by atoms with Crippen molar-refractivity contribution in [3.63, 3.8) is 0 Å². The van der Waals surface area contributed by atoms with Crippen LogP contribution in [0.5, 0.6) is 23.0 Å². The monoisotopic (exact) mass is 475 g/mol. The number of nitrogens with one attached hydrogen (secondary N) is 1. The van der Waals surface area contributed by atoms with Crippen molar-refractivity contribution in [3.8, 4) is 23.0 Å². The Labute approximate surface area is 204 Å². The highest BCUT2D eigenvalue weighted by molar-refractivity contribution is 6.36. The van der Waals surface area contributed by atoms with E-state index in [1.807, 2.05) is 43.3 Å². The molecular formula is C28H29NO6. The highest BCUT2D eigenvalue weighted by Crippen LogP contribution is 2.41. The molecule has 1 aliphatic rings. The summed E-state index contributed by atoms with van der Waals surface area (Å²) >= 11 is 0. The Morgan fingerprint density at radius 1 is 0.914 bits per heavy atom. The van der Waals surface area contributed by atoms with E-state index in [-0.39, 0.29) is 0 Å². The topological polar surface area (TPSA) is 94.1 Å². The number of carboxylic acid groups (broad SMARTS) is 1. The molecule has 1 amide bonds. The van der Waals surface area contributed by atoms with Gasteiger partial charge in [-0.2, -0.15) is 0 Å². The summed E-state index contributed by atoms with van der Waals surface area (Å²) in [5, 5.41) is 11.5. The Kier molecular flexibility index (Phi) is 7.25. The summed E-state index contributed by atoms with van der Waals surface area (Å²) in [5.74, 6) is 0.559. The van der Waals surface area contributed by atoms with Gasteiger partial charge < -0.3 is 24.6 Å². The molecule has 0 fully saturated rings. The van der Waals surface area contributed by atoms with Gasteiger partial charge in [-0.25, -0.2) is 4.79 Å². The second-order valence-corrected chi connectivity index (χ2v) is 8.53. The average molecular weight is 476 g/mol. The minimum absolute atomic E-state index is 0.543. The van der Waals surface area contributed by atoms with Crippen LogP contribution in [0.2, 0.25) is 0 Å². The van der Waals surface area contributed by atoms with Crippen LogP contribution >= 0.6 is 0 Å². The van der Waals surface area contributed by atoms with Crippen LogP contribution in [0, 0.1) is 6.92 Å². The lowest BCUT2D eigenvalue weighted by molar-refractivity contribution is -0.147. The number of aryl methyl sites for hydroxylation is 3. The van der Waals surface area contributed by atoms with Gasteiger partial charge in [-0.05, 0) is 91.6 Å². The van der Waals surface area contributed by atoms with Crippen LogP contribution in [0.3, 0.4) is 0 Å². The highest BCUT2D eigenvalue weighted by atomic mass is 16.5. The van der Waals surface area contributed by atoms with E-state index in [2.05, 4.69) is 11.4 Å². The van der Waals surface area contributed by atoms with Gasteiger partial charge in [0.1, 0.15) is 23.0 Å². The minimum atomic E-state index is -1.51. The first-order chi connectivity index (χ1) is 16.9. The molecule has 0 aliphatic heterocycles. The van der Waals surface area contributed by atoms with Crippen LogP contribution in [0.15, 0.2) is 48.5 Å². The fourth-order valence-corrected chi connectivity index (χ4v) is 4.64. The first-order valence-electron chi connectivity index (χ1n) is 11.6. The molecule has 7 heteroatoms. The van der Waals surface area contributed by atoms with Crippen molar-refractivity contribution in [2.75, 3.05) is 19.5 Å². The van der Waals surface area contributed by atoms with Gasteiger partial charge in [0.25, 0.3) is 0 Å². The lowest BCUT2D eigenvalue weighted by Gasteiger charge is -2.18. The van der Waals surface area contributed by atoms with Crippen molar-refractivity contribution < 1.29 is 28.9 Å². The third-order valence-electron chi connectivity index (χ3n) is 6.31. The van der Waals surface area contributed by atoms with Crippen LogP contribution < -0.4 is 19.5 Å². The van der Waals surface area contributed by atoms with E-state index < -0.39 is 11.9 Å². The summed E-state index contributed by atoms with van der Waals surface area (Å²) in [5.41, 5.74) is 5.47. The highest BCUT2D eigenvalue weighted by Gasteiger charge is 2.24. The molecule has 0 radical (unpaired) electrons. The van der Waals surface area contributed by atoms with Crippen molar-refractivity contribution in [1.29, 1.82) is 0 Å². The molecule has 0 atom stereocenters. The van der Waals surface area contributed by atoms with E-state index in [9.17, 15) is 9.59 Å². The molecular weight excluding hydrogens is 446 g/mol. The number of carboxylic acids is 1. The third-order valence-corrected chi connectivity index (χ3v) is 6.31. The number of amides is 1. The minimum Gasteiger partial charge on any atom is -0.496 e. The normalized spacial score (nSPS) is 12.1. The van der Waals surface area contributed by atoms with Crippen molar-refractivity contribution in [3.05, 3.63) is 76.3 Å². The fourth-order valence-electron chi connectivity index (χ4n) is 4.64. The van der Waals surface area contributed by atoms with Gasteiger partial charge in [-0.3, -0.25) is 4.79 Å². The summed E-state index contributed by atoms with van der Waals surface area (Å²) in [6.45, 7) is 1.90. The number of rotatable bonds is 8. The molecule has 2 N–H and O–H groups in total. The molecule has 1 aliphatic carbocycles. The van der Waals surface area contributed by atoms with Gasteiger partial charge in [0.15, 0.2) is 0 Å². The lowest BCUT2D eigenvalue weighted by Crippen LogP contribution is -2.22. The molecule has 7 nitrogen and oxygen atoms in total. The van der Waals surface area contributed by atoms with E-state index >= 15 is 0 Å². The van der Waals surface area contributed by atoms with Crippen molar-refractivity contribution in [2.24, 2.45) is 0 Å². The Balaban J connectivity index is 1.60. The maximum absolute atomic E-state index is 11.7. The number of carbonyl (C=O) groups excluding carboxylic acids is 1. The Morgan fingerprint density at radius 2 is 1.60 bits per heavy atom. The smallest absolute Gasteiger partial charge is 0.394 e. The van der Waals surface area contributed by atoms with Gasteiger partial charge in [-0.15, -0.1) is 0 Å². The zero-order chi connectivity index (χ0) is 24.9. The van der Waals surface area contributed by atoms with Gasteiger partial charge >= 0.3 is 11.9 Å². The zero-order valence-corrected chi connectivity index (χ0v) is 20.1. The van der Waals surface area contributed by atoms with Gasteiger partial charge in [0.05, 0.1) is 14.2 Å². The predicted molar refractivity (Wildman–Crippen MR) is 133 cm³/mol. The molecule has 0 bridgehead atoms. The predicted octanol–water partition coefficient (Wildman–Crippen LogP) is 5.10. The second-order valence-electron chi connectivity index (χ2n) is 8.53. The van der Waals surface area contributed by atoms with E-state index in [0.717, 1.165) is 77.2 Å². The number of methoxy groups -OCH3 is 2. The quantitative estimate of drug-likeness (QED) is 0.440. The number of ether oxygens (including phenoxy) is 3. The zero-order valence-electron chi connectivity index (χ0n) is 20.1. The lowest BCUT2D eigenvalue weighted by atomic mass is 10.0. The summed E-state index contributed by atoms with van der Waals surface area (Å²) in [4.78, 5) is 22.7. The van der Waals surface area contributed by atoms with Gasteiger partial charge in [-0.1, -0.05) is 18.2 Å². The molecule has 0 aromatic heterocycles. The third kappa shape index (κ3) is 5.24. The number of anilines is 1. The molecule has 35 heavy (non-hydrogen) atoms. The largest absolute Gasteiger partial charge is 0.496 e. The van der Waals surface area contributed by atoms with Crippen LogP contribution in [0.1, 0.15) is 34.2 Å². The van der Waals surface area contributed by atoms with Gasteiger partial charge in [0, 0.05) is 11.3 Å². The maximum atomic E-state index is 11.7. The molecule has 4 rings (SSSR count). The van der Waals surface area contributed by atoms with Crippen LogP contribution in [-0.2, 0) is 35.3 Å². The van der Waals surface area contributed by atoms with Crippen LogP contribution in [-0.4, -0.2) is 31.2 Å². The number of fused-ring (bicyclic) bond motifs is 1. The number of para-hydroxylation sites is 1. The molecule has 0 spiro atoms. The second kappa shape index (κ2) is 10.5. The van der Waals surface area contributed by atoms with Gasteiger partial charge in [0.2, 0.25) is 0 Å². The molecule has 0 unspecified atom stereocenters. The fraction of sp³-hybridized carbons (Fsp3) is 0.286. The number of carbonyl (C=O) groups is 2. The molecule has 3 aromatic rings. The molecule has 3 aromatic carbocycles. The number of benzene rings is 3. The summed E-state index contributed by atoms with van der Waals surface area (Å²) in [6.07, 6.45) is 4.01. The number of aliphatic carboxylic acids is 1.